The molecule has 0 aliphatic carbocycles. The molecule has 0 spiro atoms. The molecule has 0 atom stereocenters. The highest BCUT2D eigenvalue weighted by atomic mass is 19.4. The lowest BCUT2D eigenvalue weighted by atomic mass is 9.93. The minimum Gasteiger partial charge on any atom is -0.381 e. The molecule has 0 saturated carbocycles. The van der Waals surface area contributed by atoms with Gasteiger partial charge in [-0.25, -0.2) is 0 Å². The molecule has 0 saturated heterocycles. The third-order valence-electron chi connectivity index (χ3n) is 3.28. The Labute approximate surface area is 148 Å². The van der Waals surface area contributed by atoms with Gasteiger partial charge in [0.2, 0.25) is 0 Å². The van der Waals surface area contributed by atoms with Crippen LogP contribution in [0.15, 0.2) is 12.7 Å². The number of carbonyl (C=O) groups excluding carboxylic acids is 1. The smallest absolute Gasteiger partial charge is 0.381 e. The number of hydrogen-bond donors (Lipinski definition) is 0. The number of ether oxygens (including phenoxy) is 1. The average molecular weight is 446 g/mol. The summed E-state index contributed by atoms with van der Waals surface area (Å²) >= 11 is 0. The second kappa shape index (κ2) is 8.06. The van der Waals surface area contributed by atoms with E-state index in [2.05, 4.69) is 11.3 Å². The van der Waals surface area contributed by atoms with Crippen LogP contribution in [0.2, 0.25) is 0 Å². The summed E-state index contributed by atoms with van der Waals surface area (Å²) < 4.78 is 170. The molecule has 0 N–H and O–H groups in total. The number of rotatable bonds is 11. The first-order valence-corrected chi connectivity index (χ1v) is 6.89. The summed E-state index contributed by atoms with van der Waals surface area (Å²) in [4.78, 5) is 10.7. The third kappa shape index (κ3) is 4.54. The number of ketones is 1. The molecular formula is C13H11F13O2. The Morgan fingerprint density at radius 2 is 1.14 bits per heavy atom. The molecule has 0 radical (unpaired) electrons. The minimum absolute atomic E-state index is 0.502. The average Bonchev–Trinajstić information content (AvgIpc) is 2.52. The summed E-state index contributed by atoms with van der Waals surface area (Å²) in [5, 5.41) is 0. The molecule has 0 aromatic rings. The normalized spacial score (nSPS) is 14.9. The third-order valence-corrected chi connectivity index (χ3v) is 3.28. The van der Waals surface area contributed by atoms with Crippen LogP contribution in [0.25, 0.3) is 0 Å². The van der Waals surface area contributed by atoms with Crippen molar-refractivity contribution in [2.24, 2.45) is 0 Å². The first kappa shape index (κ1) is 26.5. The number of allylic oxidation sites excluding steroid dienone is 1. The van der Waals surface area contributed by atoms with Gasteiger partial charge < -0.3 is 4.74 Å². The van der Waals surface area contributed by atoms with Gasteiger partial charge in [0.05, 0.1) is 13.2 Å². The first-order chi connectivity index (χ1) is 12.2. The molecule has 0 fully saturated rings. The van der Waals surface area contributed by atoms with Gasteiger partial charge >= 0.3 is 35.8 Å². The lowest BCUT2D eigenvalue weighted by Crippen LogP contribution is -2.70. The van der Waals surface area contributed by atoms with Crippen molar-refractivity contribution in [1.29, 1.82) is 0 Å². The largest absolute Gasteiger partial charge is 0.460 e. The zero-order valence-electron chi connectivity index (χ0n) is 13.3. The van der Waals surface area contributed by atoms with Gasteiger partial charge in [-0.1, -0.05) is 6.58 Å². The van der Waals surface area contributed by atoms with Crippen molar-refractivity contribution in [3.8, 4) is 0 Å². The van der Waals surface area contributed by atoms with E-state index in [9.17, 15) is 61.9 Å². The van der Waals surface area contributed by atoms with E-state index in [0.717, 1.165) is 6.08 Å². The van der Waals surface area contributed by atoms with E-state index in [0.29, 0.717) is 0 Å². The molecule has 0 heterocycles. The van der Waals surface area contributed by atoms with Gasteiger partial charge in [-0.15, -0.1) is 0 Å². The Morgan fingerprint density at radius 3 is 1.54 bits per heavy atom. The Balaban J connectivity index is 5.51. The molecule has 2 nitrogen and oxygen atoms in total. The second-order valence-electron chi connectivity index (χ2n) is 5.28. The van der Waals surface area contributed by atoms with Crippen molar-refractivity contribution in [2.75, 3.05) is 13.2 Å². The van der Waals surface area contributed by atoms with Crippen LogP contribution in [0.1, 0.15) is 12.8 Å². The minimum atomic E-state index is -7.91. The van der Waals surface area contributed by atoms with Gasteiger partial charge in [0.15, 0.2) is 5.78 Å². The lowest BCUT2D eigenvalue weighted by molar-refractivity contribution is -0.440. The molecule has 15 heteroatoms. The Morgan fingerprint density at radius 1 is 0.714 bits per heavy atom. The van der Waals surface area contributed by atoms with E-state index in [4.69, 9.17) is 0 Å². The SMILES string of the molecule is C=CC(=O)CCOCCC(F)(F)C(F)(F)C(F)(F)C(F)(F)C(F)(F)C(F)(F)F. The molecule has 28 heavy (non-hydrogen) atoms. The zero-order chi connectivity index (χ0) is 22.8. The monoisotopic (exact) mass is 446 g/mol. The highest BCUT2D eigenvalue weighted by molar-refractivity contribution is 5.89. The molecule has 0 aliphatic heterocycles. The number of halogens is 13. The van der Waals surface area contributed by atoms with Crippen LogP contribution in [0.5, 0.6) is 0 Å². The van der Waals surface area contributed by atoms with Crippen molar-refractivity contribution in [3.05, 3.63) is 12.7 Å². The van der Waals surface area contributed by atoms with Crippen LogP contribution in [-0.4, -0.2) is 54.8 Å². The maximum Gasteiger partial charge on any atom is 0.460 e. The molecule has 0 unspecified atom stereocenters. The van der Waals surface area contributed by atoms with E-state index >= 15 is 0 Å². The fraction of sp³-hybridized carbons (Fsp3) is 0.769. The van der Waals surface area contributed by atoms with Gasteiger partial charge in [0.25, 0.3) is 0 Å². The maximum absolute atomic E-state index is 13.3. The van der Waals surface area contributed by atoms with E-state index < -0.39 is 67.6 Å². The van der Waals surface area contributed by atoms with Crippen molar-refractivity contribution >= 4 is 5.78 Å². The van der Waals surface area contributed by atoms with Gasteiger partial charge in [-0.2, -0.15) is 57.1 Å². The number of hydrogen-bond acceptors (Lipinski definition) is 2. The summed E-state index contributed by atoms with van der Waals surface area (Å²) in [6.07, 6.45) is -9.63. The fourth-order valence-electron chi connectivity index (χ4n) is 1.54. The predicted octanol–water partition coefficient (Wildman–Crippen LogP) is 5.28. The fourth-order valence-corrected chi connectivity index (χ4v) is 1.54. The van der Waals surface area contributed by atoms with Gasteiger partial charge in [0, 0.05) is 12.8 Å². The van der Waals surface area contributed by atoms with Crippen LogP contribution in [0.3, 0.4) is 0 Å². The number of alkyl halides is 13. The van der Waals surface area contributed by atoms with Crippen molar-refractivity contribution in [2.45, 2.75) is 48.6 Å². The predicted molar refractivity (Wildman–Crippen MR) is 66.0 cm³/mol. The van der Waals surface area contributed by atoms with Crippen molar-refractivity contribution < 1.29 is 66.6 Å². The van der Waals surface area contributed by atoms with Crippen molar-refractivity contribution in [3.63, 3.8) is 0 Å². The molecule has 0 rings (SSSR count). The Kier molecular flexibility index (Phi) is 7.62. The Bertz CT molecular complexity index is 565. The maximum atomic E-state index is 13.3. The van der Waals surface area contributed by atoms with Gasteiger partial charge in [0.1, 0.15) is 0 Å². The topological polar surface area (TPSA) is 26.3 Å². The van der Waals surface area contributed by atoms with Crippen LogP contribution in [0.4, 0.5) is 57.1 Å². The van der Waals surface area contributed by atoms with Crippen LogP contribution >= 0.6 is 0 Å². The summed E-state index contributed by atoms with van der Waals surface area (Å²) in [7, 11) is 0. The highest BCUT2D eigenvalue weighted by Gasteiger charge is 2.90. The standard InChI is InChI=1S/C13H11F13O2/c1-2-7(27)3-5-28-6-4-8(14,15)9(16,17)10(18,19)11(20,21)12(22,23)13(24,25)26/h2H,1,3-6H2. The second-order valence-corrected chi connectivity index (χ2v) is 5.28. The summed E-state index contributed by atoms with van der Waals surface area (Å²) in [6.45, 7) is 0.758. The van der Waals surface area contributed by atoms with Crippen LogP contribution < -0.4 is 0 Å². The van der Waals surface area contributed by atoms with Gasteiger partial charge in [-0.3, -0.25) is 4.79 Å². The summed E-state index contributed by atoms with van der Waals surface area (Å²) in [5.74, 6) is -37.7. The quantitative estimate of drug-likeness (QED) is 0.246. The molecule has 0 amide bonds. The molecule has 0 aliphatic rings. The molecule has 166 valence electrons. The van der Waals surface area contributed by atoms with E-state index in [1.54, 1.807) is 0 Å². The molecule has 0 bridgehead atoms. The zero-order valence-corrected chi connectivity index (χ0v) is 13.3. The summed E-state index contributed by atoms with van der Waals surface area (Å²) in [6, 6.07) is 0. The lowest BCUT2D eigenvalue weighted by Gasteiger charge is -2.39. The van der Waals surface area contributed by atoms with E-state index in [-0.39, 0.29) is 0 Å². The molecule has 0 aromatic heterocycles. The van der Waals surface area contributed by atoms with Crippen LogP contribution in [0, 0.1) is 0 Å². The number of carbonyl (C=O) groups is 1. The Hall–Kier alpha value is -1.54. The first-order valence-electron chi connectivity index (χ1n) is 6.89. The molecule has 0 aromatic carbocycles. The van der Waals surface area contributed by atoms with Crippen molar-refractivity contribution in [1.82, 2.24) is 0 Å². The molecular weight excluding hydrogens is 435 g/mol. The van der Waals surface area contributed by atoms with Crippen LogP contribution in [-0.2, 0) is 9.53 Å². The van der Waals surface area contributed by atoms with E-state index in [1.807, 2.05) is 0 Å². The van der Waals surface area contributed by atoms with E-state index in [1.165, 1.54) is 0 Å². The summed E-state index contributed by atoms with van der Waals surface area (Å²) in [5.41, 5.74) is 0. The highest BCUT2D eigenvalue weighted by Crippen LogP contribution is 2.60. The van der Waals surface area contributed by atoms with Gasteiger partial charge in [-0.05, 0) is 6.08 Å².